The summed E-state index contributed by atoms with van der Waals surface area (Å²) in [4.78, 5) is 19.7. The summed E-state index contributed by atoms with van der Waals surface area (Å²) in [6.45, 7) is 12.0. The molecule has 3 aliphatic heterocycles. The van der Waals surface area contributed by atoms with Crippen LogP contribution in [0.3, 0.4) is 0 Å². The molecule has 0 radical (unpaired) electrons. The van der Waals surface area contributed by atoms with E-state index in [0.29, 0.717) is 31.4 Å². The quantitative estimate of drug-likeness (QED) is 0.307. The van der Waals surface area contributed by atoms with Gasteiger partial charge >= 0.3 is 5.97 Å². The van der Waals surface area contributed by atoms with E-state index in [4.69, 9.17) is 19.6 Å². The number of cyclic esters (lactones) is 1. The van der Waals surface area contributed by atoms with E-state index in [1.54, 1.807) is 33.8 Å². The Hall–Kier alpha value is -1.73. The van der Waals surface area contributed by atoms with E-state index >= 15 is 0 Å². The molecule has 1 saturated heterocycles. The highest BCUT2D eigenvalue weighted by Crippen LogP contribution is 2.38. The van der Waals surface area contributed by atoms with Gasteiger partial charge in [0, 0.05) is 30.0 Å². The van der Waals surface area contributed by atoms with Crippen molar-refractivity contribution < 1.29 is 39.4 Å². The Labute approximate surface area is 250 Å². The molecule has 5 N–H and O–H groups in total. The number of aliphatic imine (C=N–C) groups is 1. The first-order valence-electron chi connectivity index (χ1n) is 15.3. The average molecular weight is 596 g/mol. The molecule has 3 heterocycles. The topological polar surface area (TPSA) is 165 Å². The fourth-order valence-electron chi connectivity index (χ4n) is 6.78. The standard InChI is InChI=1S/C31H53N3O8/c1-10-22-30(6,38)15-20-11-12-23(32)33-24(20)16(2)14-31(7,39)27(18(4)25(35)19(5)28(37)41-22)42-29-26(36)21(34(8)9)13-17(3)40-29/h15-19,21-22,25-27,29,32,35-36,38-39H,10-14H2,1-9H3/t16-,17-,18+,19-,21+,22-,25+,26-,27-,29?,30+,31+/m1/s1. The van der Waals surface area contributed by atoms with Crippen molar-refractivity contribution in [3.63, 3.8) is 0 Å². The van der Waals surface area contributed by atoms with Gasteiger partial charge in [-0.3, -0.25) is 10.2 Å². The molecular formula is C31H53N3O8. The van der Waals surface area contributed by atoms with Gasteiger partial charge in [0.2, 0.25) is 0 Å². The molecule has 42 heavy (non-hydrogen) atoms. The van der Waals surface area contributed by atoms with Crippen LogP contribution in [0, 0.1) is 23.2 Å². The van der Waals surface area contributed by atoms with Crippen molar-refractivity contribution in [1.29, 1.82) is 5.41 Å². The van der Waals surface area contributed by atoms with Crippen LogP contribution < -0.4 is 0 Å². The third-order valence-electron chi connectivity index (χ3n) is 9.22. The Morgan fingerprint density at radius 1 is 1.12 bits per heavy atom. The summed E-state index contributed by atoms with van der Waals surface area (Å²) in [6.07, 6.45) is -1.97. The van der Waals surface area contributed by atoms with Gasteiger partial charge in [-0.05, 0) is 79.1 Å². The number of carbonyl (C=O) groups excluding carboxylic acids is 1. The fraction of sp³-hybridized carbons (Fsp3) is 0.839. The van der Waals surface area contributed by atoms with E-state index in [-0.39, 0.29) is 30.3 Å². The Morgan fingerprint density at radius 3 is 2.36 bits per heavy atom. The van der Waals surface area contributed by atoms with Gasteiger partial charge in [0.15, 0.2) is 6.29 Å². The lowest BCUT2D eigenvalue weighted by atomic mass is 9.75. The molecule has 11 nitrogen and oxygen atoms in total. The van der Waals surface area contributed by atoms with Crippen molar-refractivity contribution in [2.24, 2.45) is 22.7 Å². The maximum absolute atomic E-state index is 13.3. The van der Waals surface area contributed by atoms with Crippen LogP contribution in [-0.4, -0.2) is 111 Å². The Balaban J connectivity index is 2.10. The molecule has 1 unspecified atom stereocenters. The molecule has 0 aliphatic carbocycles. The Morgan fingerprint density at radius 2 is 1.76 bits per heavy atom. The summed E-state index contributed by atoms with van der Waals surface area (Å²) in [5.74, 6) is -2.64. The SMILES string of the molecule is CC[C@H]1OC(=O)[C@H](C)[C@@H](O)[C@H](C)[C@@H](OC2O[C@H](C)C[C@H](N(C)C)[C@H]2O)[C@@](C)(O)C[C@@H](C)C2=NC(=N)CCC2=C[C@]1(C)O. The van der Waals surface area contributed by atoms with Crippen LogP contribution in [0.15, 0.2) is 16.6 Å². The van der Waals surface area contributed by atoms with Crippen LogP contribution in [-0.2, 0) is 19.0 Å². The molecule has 0 aromatic heterocycles. The van der Waals surface area contributed by atoms with Crippen molar-refractivity contribution in [2.45, 2.75) is 135 Å². The second kappa shape index (κ2) is 13.5. The monoisotopic (exact) mass is 595 g/mol. The Kier molecular flexibility index (Phi) is 11.2. The zero-order chi connectivity index (χ0) is 31.7. The summed E-state index contributed by atoms with van der Waals surface area (Å²) in [5, 5.41) is 54.4. The Bertz CT molecular complexity index is 1040. The first kappa shape index (κ1) is 34.8. The second-order valence-electron chi connectivity index (χ2n) is 13.4. The number of likely N-dealkylation sites (N-methyl/N-ethyl adjacent to an activating group) is 1. The highest BCUT2D eigenvalue weighted by Gasteiger charge is 2.49. The van der Waals surface area contributed by atoms with Gasteiger partial charge in [-0.25, -0.2) is 4.99 Å². The predicted octanol–water partition coefficient (Wildman–Crippen LogP) is 2.43. The second-order valence-corrected chi connectivity index (χ2v) is 13.4. The van der Waals surface area contributed by atoms with Crippen molar-refractivity contribution in [1.82, 2.24) is 4.90 Å². The number of ether oxygens (including phenoxy) is 3. The van der Waals surface area contributed by atoms with Crippen molar-refractivity contribution in [2.75, 3.05) is 14.1 Å². The number of rotatable bonds is 4. The molecule has 0 bridgehead atoms. The van der Waals surface area contributed by atoms with Gasteiger partial charge in [0.05, 0.1) is 29.8 Å². The number of nitrogens with one attached hydrogen (secondary N) is 1. The van der Waals surface area contributed by atoms with Crippen LogP contribution in [0.1, 0.15) is 80.6 Å². The molecule has 0 aromatic rings. The van der Waals surface area contributed by atoms with Crippen LogP contribution in [0.25, 0.3) is 0 Å². The van der Waals surface area contributed by atoms with Crippen molar-refractivity contribution in [3.05, 3.63) is 11.6 Å². The van der Waals surface area contributed by atoms with Gasteiger partial charge in [0.1, 0.15) is 23.6 Å². The molecule has 1 fully saturated rings. The highest BCUT2D eigenvalue weighted by molar-refractivity contribution is 6.10. The number of esters is 1. The lowest BCUT2D eigenvalue weighted by Gasteiger charge is -2.46. The van der Waals surface area contributed by atoms with E-state index < -0.39 is 59.7 Å². The minimum atomic E-state index is -1.59. The van der Waals surface area contributed by atoms with Crippen molar-refractivity contribution >= 4 is 17.5 Å². The minimum Gasteiger partial charge on any atom is -0.459 e. The lowest BCUT2D eigenvalue weighted by molar-refractivity contribution is -0.298. The molecule has 3 rings (SSSR count). The number of aliphatic hydroxyl groups excluding tert-OH is 2. The van der Waals surface area contributed by atoms with E-state index in [0.717, 1.165) is 5.57 Å². The first-order chi connectivity index (χ1) is 19.4. The number of amidine groups is 1. The smallest absolute Gasteiger partial charge is 0.311 e. The number of hydrogen-bond acceptors (Lipinski definition) is 10. The van der Waals surface area contributed by atoms with Gasteiger partial charge in [-0.15, -0.1) is 0 Å². The summed E-state index contributed by atoms with van der Waals surface area (Å²) < 4.78 is 18.2. The highest BCUT2D eigenvalue weighted by atomic mass is 16.7. The largest absolute Gasteiger partial charge is 0.459 e. The number of carbonyl (C=O) groups is 1. The number of hydrogen-bond donors (Lipinski definition) is 5. The predicted molar refractivity (Wildman–Crippen MR) is 159 cm³/mol. The third kappa shape index (κ3) is 7.67. The number of nitrogens with zero attached hydrogens (tertiary/aromatic N) is 2. The molecule has 3 aliphatic rings. The zero-order valence-electron chi connectivity index (χ0n) is 26.7. The lowest BCUT2D eigenvalue weighted by Crippen LogP contribution is -2.59. The first-order valence-corrected chi connectivity index (χ1v) is 15.3. The number of fused-ring (bicyclic) bond motifs is 1. The molecule has 0 amide bonds. The fourth-order valence-corrected chi connectivity index (χ4v) is 6.78. The summed E-state index contributed by atoms with van der Waals surface area (Å²) in [5.41, 5.74) is -1.81. The van der Waals surface area contributed by atoms with Gasteiger partial charge < -0.3 is 39.5 Å². The molecule has 0 aromatic carbocycles. The normalized spacial score (nSPS) is 44.5. The summed E-state index contributed by atoms with van der Waals surface area (Å²) in [6, 6.07) is -0.246. The zero-order valence-corrected chi connectivity index (χ0v) is 26.7. The van der Waals surface area contributed by atoms with Crippen LogP contribution in [0.5, 0.6) is 0 Å². The van der Waals surface area contributed by atoms with Crippen LogP contribution >= 0.6 is 0 Å². The number of aliphatic hydroxyl groups is 4. The molecule has 240 valence electrons. The van der Waals surface area contributed by atoms with Crippen molar-refractivity contribution in [3.8, 4) is 0 Å². The minimum absolute atomic E-state index is 0.131. The molecular weight excluding hydrogens is 542 g/mol. The third-order valence-corrected chi connectivity index (χ3v) is 9.22. The molecule has 12 atom stereocenters. The maximum atomic E-state index is 13.3. The maximum Gasteiger partial charge on any atom is 0.311 e. The molecule has 0 spiro atoms. The van der Waals surface area contributed by atoms with Crippen LogP contribution in [0.2, 0.25) is 0 Å². The van der Waals surface area contributed by atoms with E-state index in [2.05, 4.69) is 4.99 Å². The summed E-state index contributed by atoms with van der Waals surface area (Å²) >= 11 is 0. The van der Waals surface area contributed by atoms with Gasteiger partial charge in [0.25, 0.3) is 0 Å². The van der Waals surface area contributed by atoms with E-state index in [1.165, 1.54) is 0 Å². The van der Waals surface area contributed by atoms with Gasteiger partial charge in [-0.2, -0.15) is 0 Å². The van der Waals surface area contributed by atoms with E-state index in [9.17, 15) is 25.2 Å². The van der Waals surface area contributed by atoms with Crippen LogP contribution in [0.4, 0.5) is 0 Å². The molecule has 11 heteroatoms. The van der Waals surface area contributed by atoms with Gasteiger partial charge in [-0.1, -0.05) is 20.8 Å². The van der Waals surface area contributed by atoms with E-state index in [1.807, 2.05) is 39.8 Å². The average Bonchev–Trinajstić information content (AvgIpc) is 2.90. The summed E-state index contributed by atoms with van der Waals surface area (Å²) in [7, 11) is 3.74. The molecule has 0 saturated carbocycles. The number of allylic oxidation sites excluding steroid dienone is 1.